The van der Waals surface area contributed by atoms with E-state index in [1.807, 2.05) is 19.1 Å². The SMILES string of the molecule is COc1ccc(C(=O)Nc2nnc(S(=O)(=O)Cc3ccccc3C)s2)cc1. The van der Waals surface area contributed by atoms with E-state index in [0.717, 1.165) is 16.9 Å². The molecule has 0 atom stereocenters. The first-order chi connectivity index (χ1) is 12.9. The van der Waals surface area contributed by atoms with Crippen molar-refractivity contribution in [1.82, 2.24) is 10.2 Å². The summed E-state index contributed by atoms with van der Waals surface area (Å²) in [4.78, 5) is 12.2. The number of aromatic nitrogens is 2. The molecule has 0 aliphatic carbocycles. The number of carbonyl (C=O) groups is 1. The molecule has 0 unspecified atom stereocenters. The summed E-state index contributed by atoms with van der Waals surface area (Å²) in [6.07, 6.45) is 0. The minimum absolute atomic E-state index is 0.124. The number of amides is 1. The highest BCUT2D eigenvalue weighted by molar-refractivity contribution is 7.92. The van der Waals surface area contributed by atoms with Gasteiger partial charge in [0.25, 0.3) is 5.91 Å². The van der Waals surface area contributed by atoms with E-state index in [9.17, 15) is 13.2 Å². The summed E-state index contributed by atoms with van der Waals surface area (Å²) in [6.45, 7) is 1.85. The monoisotopic (exact) mass is 403 g/mol. The Morgan fingerprint density at radius 3 is 2.48 bits per heavy atom. The van der Waals surface area contributed by atoms with Crippen molar-refractivity contribution in [3.05, 3.63) is 65.2 Å². The van der Waals surface area contributed by atoms with Gasteiger partial charge < -0.3 is 4.74 Å². The molecular weight excluding hydrogens is 386 g/mol. The number of benzene rings is 2. The zero-order valence-electron chi connectivity index (χ0n) is 14.7. The highest BCUT2D eigenvalue weighted by atomic mass is 32.2. The second-order valence-electron chi connectivity index (χ2n) is 5.74. The number of nitrogens with one attached hydrogen (secondary N) is 1. The van der Waals surface area contributed by atoms with Crippen LogP contribution >= 0.6 is 11.3 Å². The number of sulfone groups is 1. The van der Waals surface area contributed by atoms with Crippen molar-refractivity contribution < 1.29 is 17.9 Å². The van der Waals surface area contributed by atoms with Crippen LogP contribution < -0.4 is 10.1 Å². The zero-order chi connectivity index (χ0) is 19.4. The lowest BCUT2D eigenvalue weighted by atomic mass is 10.1. The van der Waals surface area contributed by atoms with Gasteiger partial charge in [-0.15, -0.1) is 10.2 Å². The van der Waals surface area contributed by atoms with Crippen molar-refractivity contribution in [3.8, 4) is 5.75 Å². The third-order valence-corrected chi connectivity index (χ3v) is 6.80. The van der Waals surface area contributed by atoms with Crippen LogP contribution in [0.3, 0.4) is 0 Å². The van der Waals surface area contributed by atoms with Crippen LogP contribution in [0.15, 0.2) is 52.9 Å². The first-order valence-corrected chi connectivity index (χ1v) is 10.4. The van der Waals surface area contributed by atoms with Crippen molar-refractivity contribution >= 4 is 32.2 Å². The van der Waals surface area contributed by atoms with Crippen LogP contribution in [-0.4, -0.2) is 31.6 Å². The van der Waals surface area contributed by atoms with Gasteiger partial charge >= 0.3 is 0 Å². The molecule has 7 nitrogen and oxygen atoms in total. The standard InChI is InChI=1S/C18H17N3O4S2/c1-12-5-3-4-6-14(12)11-27(23,24)18-21-20-17(26-18)19-16(22)13-7-9-15(25-2)10-8-13/h3-10H,11H2,1-2H3,(H,19,20,22). The van der Waals surface area contributed by atoms with Crippen molar-refractivity contribution in [1.29, 1.82) is 0 Å². The van der Waals surface area contributed by atoms with Crippen LogP contribution in [0.2, 0.25) is 0 Å². The molecule has 9 heteroatoms. The Morgan fingerprint density at radius 1 is 1.11 bits per heavy atom. The van der Waals surface area contributed by atoms with E-state index in [1.54, 1.807) is 36.4 Å². The maximum absolute atomic E-state index is 12.6. The molecule has 0 fully saturated rings. The van der Waals surface area contributed by atoms with E-state index < -0.39 is 15.7 Å². The first-order valence-electron chi connectivity index (χ1n) is 7.95. The summed E-state index contributed by atoms with van der Waals surface area (Å²) in [7, 11) is -2.11. The molecule has 1 heterocycles. The molecule has 0 radical (unpaired) electrons. The van der Waals surface area contributed by atoms with Gasteiger partial charge in [-0.2, -0.15) is 0 Å². The Hall–Kier alpha value is -2.78. The molecule has 1 amide bonds. The molecule has 140 valence electrons. The number of anilines is 1. The fraction of sp³-hybridized carbons (Fsp3) is 0.167. The van der Waals surface area contributed by atoms with Crippen molar-refractivity contribution in [3.63, 3.8) is 0 Å². The summed E-state index contributed by atoms with van der Waals surface area (Å²) >= 11 is 0.829. The summed E-state index contributed by atoms with van der Waals surface area (Å²) in [5, 5.41) is 10.2. The molecule has 3 rings (SSSR count). The zero-order valence-corrected chi connectivity index (χ0v) is 16.3. The van der Waals surface area contributed by atoms with Gasteiger partial charge in [-0.3, -0.25) is 10.1 Å². The van der Waals surface area contributed by atoms with Gasteiger partial charge in [-0.25, -0.2) is 8.42 Å². The minimum atomic E-state index is -3.65. The molecule has 2 aromatic carbocycles. The van der Waals surface area contributed by atoms with E-state index >= 15 is 0 Å². The van der Waals surface area contributed by atoms with Crippen LogP contribution in [0.25, 0.3) is 0 Å². The highest BCUT2D eigenvalue weighted by Gasteiger charge is 2.22. The Morgan fingerprint density at radius 2 is 1.81 bits per heavy atom. The Balaban J connectivity index is 1.73. The molecule has 27 heavy (non-hydrogen) atoms. The van der Waals surface area contributed by atoms with Crippen LogP contribution in [0.4, 0.5) is 5.13 Å². The molecule has 3 aromatic rings. The third-order valence-electron chi connectivity index (χ3n) is 3.85. The smallest absolute Gasteiger partial charge is 0.257 e. The molecule has 1 N–H and O–H groups in total. The molecule has 0 bridgehead atoms. The number of methoxy groups -OCH3 is 1. The van der Waals surface area contributed by atoms with E-state index in [2.05, 4.69) is 15.5 Å². The summed E-state index contributed by atoms with van der Waals surface area (Å²) in [5.74, 6) is 0.0597. The van der Waals surface area contributed by atoms with E-state index in [1.165, 1.54) is 7.11 Å². The first kappa shape index (κ1) is 19.0. The quantitative estimate of drug-likeness (QED) is 0.635. The largest absolute Gasteiger partial charge is 0.497 e. The molecule has 0 aliphatic rings. The Kier molecular flexibility index (Phi) is 5.52. The predicted molar refractivity (Wildman–Crippen MR) is 103 cm³/mol. The van der Waals surface area contributed by atoms with E-state index in [-0.39, 0.29) is 15.2 Å². The molecule has 0 spiro atoms. The Bertz CT molecular complexity index is 1060. The maximum atomic E-state index is 12.6. The number of hydrogen-bond donors (Lipinski definition) is 1. The second kappa shape index (κ2) is 7.85. The number of ether oxygens (including phenoxy) is 1. The topological polar surface area (TPSA) is 98.2 Å². The number of aryl methyl sites for hydroxylation is 1. The summed E-state index contributed by atoms with van der Waals surface area (Å²) < 4.78 is 30.1. The van der Waals surface area contributed by atoms with Gasteiger partial charge in [-0.1, -0.05) is 35.6 Å². The van der Waals surface area contributed by atoms with E-state index in [4.69, 9.17) is 4.74 Å². The van der Waals surface area contributed by atoms with Gasteiger partial charge in [0.2, 0.25) is 19.3 Å². The highest BCUT2D eigenvalue weighted by Crippen LogP contribution is 2.25. The Labute approximate surface area is 161 Å². The fourth-order valence-corrected chi connectivity index (χ4v) is 4.75. The average Bonchev–Trinajstić information content (AvgIpc) is 3.13. The lowest BCUT2D eigenvalue weighted by Gasteiger charge is -2.04. The lowest BCUT2D eigenvalue weighted by Crippen LogP contribution is -2.11. The van der Waals surface area contributed by atoms with Crippen molar-refractivity contribution in [2.75, 3.05) is 12.4 Å². The molecule has 0 aliphatic heterocycles. The number of rotatable bonds is 6. The van der Waals surface area contributed by atoms with Crippen LogP contribution in [0.1, 0.15) is 21.5 Å². The predicted octanol–water partition coefficient (Wildman–Crippen LogP) is 3.08. The normalized spacial score (nSPS) is 11.2. The second-order valence-corrected chi connectivity index (χ2v) is 8.88. The number of nitrogens with zero attached hydrogens (tertiary/aromatic N) is 2. The van der Waals surface area contributed by atoms with E-state index in [0.29, 0.717) is 16.9 Å². The maximum Gasteiger partial charge on any atom is 0.257 e. The van der Waals surface area contributed by atoms with Crippen LogP contribution in [0.5, 0.6) is 5.75 Å². The van der Waals surface area contributed by atoms with Crippen molar-refractivity contribution in [2.24, 2.45) is 0 Å². The third kappa shape index (κ3) is 4.50. The molecular formula is C18H17N3O4S2. The summed E-state index contributed by atoms with van der Waals surface area (Å²) in [5.41, 5.74) is 1.99. The molecule has 1 aromatic heterocycles. The number of hydrogen-bond acceptors (Lipinski definition) is 7. The minimum Gasteiger partial charge on any atom is -0.497 e. The van der Waals surface area contributed by atoms with Gasteiger partial charge in [0.15, 0.2) is 0 Å². The van der Waals surface area contributed by atoms with Gasteiger partial charge in [0, 0.05) is 5.56 Å². The lowest BCUT2D eigenvalue weighted by molar-refractivity contribution is 0.102. The van der Waals surface area contributed by atoms with Crippen LogP contribution in [0, 0.1) is 6.92 Å². The van der Waals surface area contributed by atoms with Crippen molar-refractivity contribution in [2.45, 2.75) is 17.0 Å². The van der Waals surface area contributed by atoms with Gasteiger partial charge in [-0.05, 0) is 42.3 Å². The average molecular weight is 403 g/mol. The molecule has 0 saturated carbocycles. The van der Waals surface area contributed by atoms with Gasteiger partial charge in [0.1, 0.15) is 5.75 Å². The van der Waals surface area contributed by atoms with Crippen LogP contribution in [-0.2, 0) is 15.6 Å². The molecule has 0 saturated heterocycles. The number of carbonyl (C=O) groups excluding carboxylic acids is 1. The fourth-order valence-electron chi connectivity index (χ4n) is 2.34. The van der Waals surface area contributed by atoms with Gasteiger partial charge in [0.05, 0.1) is 12.9 Å². The summed E-state index contributed by atoms with van der Waals surface area (Å²) in [6, 6.07) is 13.8.